The molecule has 0 spiro atoms. The summed E-state index contributed by atoms with van der Waals surface area (Å²) in [4.78, 5) is 24.9. The fraction of sp³-hybridized carbons (Fsp3) is 0.857. The minimum atomic E-state index is -0.834. The smallest absolute Gasteiger partial charge is 0.308 e. The van der Waals surface area contributed by atoms with Gasteiger partial charge in [-0.3, -0.25) is 9.59 Å². The van der Waals surface area contributed by atoms with Crippen LogP contribution in [-0.4, -0.2) is 60.9 Å². The van der Waals surface area contributed by atoms with Crippen LogP contribution in [-0.2, 0) is 19.1 Å². The van der Waals surface area contributed by atoms with Crippen molar-refractivity contribution in [2.24, 2.45) is 11.8 Å². The van der Waals surface area contributed by atoms with Crippen LogP contribution in [0.4, 0.5) is 0 Å². The molecule has 0 aromatic carbocycles. The predicted molar refractivity (Wildman–Crippen MR) is 73.4 cm³/mol. The van der Waals surface area contributed by atoms with E-state index in [0.717, 1.165) is 0 Å². The average Bonchev–Trinajstić information content (AvgIpc) is 2.41. The highest BCUT2D eigenvalue weighted by atomic mass is 16.5. The lowest BCUT2D eigenvalue weighted by Crippen LogP contribution is -2.49. The standard InChI is InChI=1S/C14H25NO5/c1-4-19-5-6-20-11(3)13(16)15-8-10(2)7-12(9-15)14(17)18/h10-12H,4-9H2,1-3H3,(H,17,18). The van der Waals surface area contributed by atoms with E-state index >= 15 is 0 Å². The predicted octanol–water partition coefficient (Wildman–Crippen LogP) is 0.997. The summed E-state index contributed by atoms with van der Waals surface area (Å²) in [7, 11) is 0. The van der Waals surface area contributed by atoms with Gasteiger partial charge in [-0.2, -0.15) is 0 Å². The van der Waals surface area contributed by atoms with Gasteiger partial charge in [-0.1, -0.05) is 6.92 Å². The zero-order valence-electron chi connectivity index (χ0n) is 12.5. The number of hydrogen-bond donors (Lipinski definition) is 1. The summed E-state index contributed by atoms with van der Waals surface area (Å²) in [6.07, 6.45) is 0.0637. The van der Waals surface area contributed by atoms with E-state index in [4.69, 9.17) is 14.6 Å². The third-order valence-corrected chi connectivity index (χ3v) is 3.47. The molecule has 0 aliphatic carbocycles. The van der Waals surface area contributed by atoms with Crippen LogP contribution in [0.1, 0.15) is 27.2 Å². The largest absolute Gasteiger partial charge is 0.481 e. The number of carbonyl (C=O) groups is 2. The molecule has 3 unspecified atom stereocenters. The van der Waals surface area contributed by atoms with Crippen molar-refractivity contribution in [1.82, 2.24) is 4.90 Å². The lowest BCUT2D eigenvalue weighted by molar-refractivity contribution is -0.151. The van der Waals surface area contributed by atoms with E-state index in [9.17, 15) is 9.59 Å². The average molecular weight is 287 g/mol. The third kappa shape index (κ3) is 5.09. The first-order valence-electron chi connectivity index (χ1n) is 7.16. The summed E-state index contributed by atoms with van der Waals surface area (Å²) in [6.45, 7) is 7.89. The molecule has 3 atom stereocenters. The highest BCUT2D eigenvalue weighted by Crippen LogP contribution is 2.22. The Morgan fingerprint density at radius 2 is 2.05 bits per heavy atom. The van der Waals surface area contributed by atoms with Crippen molar-refractivity contribution >= 4 is 11.9 Å². The molecule has 1 saturated heterocycles. The molecule has 1 amide bonds. The summed E-state index contributed by atoms with van der Waals surface area (Å²) in [5.74, 6) is -1.25. The number of likely N-dealkylation sites (tertiary alicyclic amines) is 1. The quantitative estimate of drug-likeness (QED) is 0.707. The third-order valence-electron chi connectivity index (χ3n) is 3.47. The van der Waals surface area contributed by atoms with E-state index in [1.807, 2.05) is 13.8 Å². The van der Waals surface area contributed by atoms with E-state index in [1.54, 1.807) is 11.8 Å². The molecule has 116 valence electrons. The summed E-state index contributed by atoms with van der Waals surface area (Å²) in [5, 5.41) is 9.11. The first kappa shape index (κ1) is 16.9. The SMILES string of the molecule is CCOCCOC(C)C(=O)N1CC(C)CC(C(=O)O)C1. The van der Waals surface area contributed by atoms with Gasteiger partial charge in [0.15, 0.2) is 0 Å². The molecule has 1 fully saturated rings. The number of amides is 1. The molecule has 0 aromatic heterocycles. The van der Waals surface area contributed by atoms with Gasteiger partial charge in [-0.25, -0.2) is 0 Å². The number of piperidine rings is 1. The molecule has 0 saturated carbocycles. The molecule has 20 heavy (non-hydrogen) atoms. The number of rotatable bonds is 7. The molecule has 1 aliphatic heterocycles. The lowest BCUT2D eigenvalue weighted by Gasteiger charge is -2.36. The van der Waals surface area contributed by atoms with E-state index < -0.39 is 18.0 Å². The Balaban J connectivity index is 2.46. The number of nitrogens with zero attached hydrogens (tertiary/aromatic N) is 1. The first-order valence-corrected chi connectivity index (χ1v) is 7.16. The highest BCUT2D eigenvalue weighted by Gasteiger charge is 2.33. The lowest BCUT2D eigenvalue weighted by atomic mass is 9.90. The Morgan fingerprint density at radius 3 is 2.65 bits per heavy atom. The van der Waals surface area contributed by atoms with Gasteiger partial charge in [0.1, 0.15) is 6.10 Å². The van der Waals surface area contributed by atoms with Crippen LogP contribution in [0.2, 0.25) is 0 Å². The van der Waals surface area contributed by atoms with Crippen molar-refractivity contribution in [3.63, 3.8) is 0 Å². The van der Waals surface area contributed by atoms with Gasteiger partial charge < -0.3 is 19.5 Å². The second-order valence-electron chi connectivity index (χ2n) is 5.33. The number of ether oxygens (including phenoxy) is 2. The van der Waals surface area contributed by atoms with Crippen LogP contribution in [0.3, 0.4) is 0 Å². The van der Waals surface area contributed by atoms with E-state index in [0.29, 0.717) is 32.8 Å². The summed E-state index contributed by atoms with van der Waals surface area (Å²) < 4.78 is 10.6. The maximum Gasteiger partial charge on any atom is 0.308 e. The number of aliphatic carboxylic acids is 1. The second-order valence-corrected chi connectivity index (χ2v) is 5.33. The molecule has 0 radical (unpaired) electrons. The van der Waals surface area contributed by atoms with Gasteiger partial charge in [0.25, 0.3) is 5.91 Å². The van der Waals surface area contributed by atoms with E-state index in [1.165, 1.54) is 0 Å². The van der Waals surface area contributed by atoms with Crippen molar-refractivity contribution in [1.29, 1.82) is 0 Å². The summed E-state index contributed by atoms with van der Waals surface area (Å²) >= 11 is 0. The minimum absolute atomic E-state index is 0.140. The summed E-state index contributed by atoms with van der Waals surface area (Å²) in [5.41, 5.74) is 0. The molecule has 6 nitrogen and oxygen atoms in total. The van der Waals surface area contributed by atoms with Gasteiger partial charge in [0.2, 0.25) is 0 Å². The van der Waals surface area contributed by atoms with Gasteiger partial charge >= 0.3 is 5.97 Å². The maximum absolute atomic E-state index is 12.2. The van der Waals surface area contributed by atoms with Crippen molar-refractivity contribution in [3.05, 3.63) is 0 Å². The first-order chi connectivity index (χ1) is 9.45. The van der Waals surface area contributed by atoms with Gasteiger partial charge in [0, 0.05) is 19.7 Å². The topological polar surface area (TPSA) is 76.1 Å². The van der Waals surface area contributed by atoms with Crippen LogP contribution in [0.25, 0.3) is 0 Å². The number of carbonyl (C=O) groups excluding carboxylic acids is 1. The molecule has 0 bridgehead atoms. The van der Waals surface area contributed by atoms with Gasteiger partial charge in [-0.05, 0) is 26.2 Å². The van der Waals surface area contributed by atoms with E-state index in [2.05, 4.69) is 0 Å². The number of hydrogen-bond acceptors (Lipinski definition) is 4. The van der Waals surface area contributed by atoms with Crippen molar-refractivity contribution in [3.8, 4) is 0 Å². The molecule has 1 rings (SSSR count). The van der Waals surface area contributed by atoms with Crippen LogP contribution in [0, 0.1) is 11.8 Å². The molecular formula is C14H25NO5. The second kappa shape index (κ2) is 8.21. The minimum Gasteiger partial charge on any atom is -0.481 e. The molecule has 1 heterocycles. The Hall–Kier alpha value is -1.14. The summed E-state index contributed by atoms with van der Waals surface area (Å²) in [6, 6.07) is 0. The monoisotopic (exact) mass is 287 g/mol. The normalized spacial score (nSPS) is 24.4. The Morgan fingerprint density at radius 1 is 1.35 bits per heavy atom. The van der Waals surface area contributed by atoms with E-state index in [-0.39, 0.29) is 18.4 Å². The Bertz CT molecular complexity index is 334. The number of carboxylic acids is 1. The van der Waals surface area contributed by atoms with Crippen LogP contribution >= 0.6 is 0 Å². The molecule has 6 heteroatoms. The van der Waals surface area contributed by atoms with Crippen molar-refractivity contribution in [2.45, 2.75) is 33.3 Å². The molecule has 0 aromatic rings. The van der Waals surface area contributed by atoms with Crippen LogP contribution in [0.5, 0.6) is 0 Å². The highest BCUT2D eigenvalue weighted by molar-refractivity contribution is 5.81. The Labute approximate surface area is 120 Å². The van der Waals surface area contributed by atoms with Crippen molar-refractivity contribution in [2.75, 3.05) is 32.9 Å². The Kier molecular flexibility index (Phi) is 6.95. The van der Waals surface area contributed by atoms with Crippen molar-refractivity contribution < 1.29 is 24.2 Å². The molecule has 1 N–H and O–H groups in total. The van der Waals surface area contributed by atoms with Crippen LogP contribution in [0.15, 0.2) is 0 Å². The maximum atomic E-state index is 12.2. The van der Waals surface area contributed by atoms with Gasteiger partial charge in [0.05, 0.1) is 19.1 Å². The molecule has 1 aliphatic rings. The zero-order valence-corrected chi connectivity index (χ0v) is 12.5. The van der Waals surface area contributed by atoms with Gasteiger partial charge in [-0.15, -0.1) is 0 Å². The van der Waals surface area contributed by atoms with Crippen LogP contribution < -0.4 is 0 Å². The fourth-order valence-electron chi connectivity index (χ4n) is 2.47. The zero-order chi connectivity index (χ0) is 15.1. The molecular weight excluding hydrogens is 262 g/mol. The fourth-order valence-corrected chi connectivity index (χ4v) is 2.47. The number of carboxylic acid groups (broad SMARTS) is 1.